The van der Waals surface area contributed by atoms with Crippen molar-refractivity contribution in [2.75, 3.05) is 6.54 Å². The van der Waals surface area contributed by atoms with Gasteiger partial charge in [0.25, 0.3) is 0 Å². The van der Waals surface area contributed by atoms with Gasteiger partial charge in [-0.2, -0.15) is 0 Å². The monoisotopic (exact) mass is 297 g/mol. The molecule has 0 amide bonds. The van der Waals surface area contributed by atoms with Crippen molar-refractivity contribution in [2.24, 2.45) is 0 Å². The van der Waals surface area contributed by atoms with Gasteiger partial charge in [0.2, 0.25) is 0 Å². The Kier molecular flexibility index (Phi) is 4.58. The minimum atomic E-state index is 0.842. The summed E-state index contributed by atoms with van der Waals surface area (Å²) in [6, 6.07) is 10.5. The number of nitrogens with zero attached hydrogens (tertiary/aromatic N) is 2. The third-order valence-corrected chi connectivity index (χ3v) is 4.54. The lowest BCUT2D eigenvalue weighted by Crippen LogP contribution is -2.17. The van der Waals surface area contributed by atoms with Crippen molar-refractivity contribution in [3.63, 3.8) is 0 Å². The molecule has 0 saturated heterocycles. The van der Waals surface area contributed by atoms with Gasteiger partial charge in [-0.25, -0.2) is 4.98 Å². The number of hydrogen-bond donors (Lipinski definition) is 1. The zero-order chi connectivity index (χ0) is 14.5. The first-order chi connectivity index (χ1) is 10.4. The first kappa shape index (κ1) is 14.2. The third kappa shape index (κ3) is 3.46. The van der Waals surface area contributed by atoms with Crippen LogP contribution in [0.25, 0.3) is 10.9 Å². The second kappa shape index (κ2) is 6.78. The number of para-hydroxylation sites is 1. The molecule has 0 atom stereocenters. The molecule has 3 aromatic rings. The molecule has 1 aromatic carbocycles. The zero-order valence-corrected chi connectivity index (χ0v) is 13.0. The topological polar surface area (TPSA) is 37.8 Å². The highest BCUT2D eigenvalue weighted by atomic mass is 32.1. The number of thiazole rings is 1. The minimum Gasteiger partial charge on any atom is -0.311 e. The molecule has 0 fully saturated rings. The number of aryl methyl sites for hydroxylation is 1. The minimum absolute atomic E-state index is 0.842. The average molecular weight is 297 g/mol. The number of nitrogens with one attached hydrogen (secondary N) is 1. The summed E-state index contributed by atoms with van der Waals surface area (Å²) in [4.78, 5) is 9.06. The van der Waals surface area contributed by atoms with Crippen molar-refractivity contribution in [3.05, 3.63) is 58.2 Å². The highest BCUT2D eigenvalue weighted by Gasteiger charge is 2.02. The lowest BCUT2D eigenvalue weighted by atomic mass is 10.1. The molecule has 4 heteroatoms. The quantitative estimate of drug-likeness (QED) is 0.707. The Morgan fingerprint density at radius 3 is 2.95 bits per heavy atom. The molecule has 3 nitrogen and oxygen atoms in total. The van der Waals surface area contributed by atoms with Gasteiger partial charge < -0.3 is 5.32 Å². The first-order valence-corrected chi connectivity index (χ1v) is 8.21. The molecule has 2 aromatic heterocycles. The fourth-order valence-corrected chi connectivity index (χ4v) is 3.15. The van der Waals surface area contributed by atoms with Crippen LogP contribution in [-0.2, 0) is 19.4 Å². The fraction of sp³-hybridized carbons (Fsp3) is 0.294. The number of benzene rings is 1. The summed E-state index contributed by atoms with van der Waals surface area (Å²) in [5.74, 6) is 0. The lowest BCUT2D eigenvalue weighted by molar-refractivity contribution is 0.677. The van der Waals surface area contributed by atoms with Crippen LogP contribution in [0.4, 0.5) is 0 Å². The van der Waals surface area contributed by atoms with E-state index >= 15 is 0 Å². The predicted octanol–water partition coefficient (Wildman–Crippen LogP) is 3.59. The number of rotatable bonds is 6. The molecule has 3 rings (SSSR count). The summed E-state index contributed by atoms with van der Waals surface area (Å²) in [6.07, 6.45) is 3.87. The van der Waals surface area contributed by atoms with E-state index in [4.69, 9.17) is 0 Å². The van der Waals surface area contributed by atoms with Gasteiger partial charge in [-0.05, 0) is 31.0 Å². The molecule has 0 saturated carbocycles. The Morgan fingerprint density at radius 1 is 1.19 bits per heavy atom. The number of pyridine rings is 1. The highest BCUT2D eigenvalue weighted by molar-refractivity contribution is 7.09. The molecule has 21 heavy (non-hydrogen) atoms. The van der Waals surface area contributed by atoms with Gasteiger partial charge in [-0.15, -0.1) is 11.3 Å². The van der Waals surface area contributed by atoms with Gasteiger partial charge >= 0.3 is 0 Å². The summed E-state index contributed by atoms with van der Waals surface area (Å²) >= 11 is 1.74. The second-order valence-electron chi connectivity index (χ2n) is 5.01. The summed E-state index contributed by atoms with van der Waals surface area (Å²) in [5.41, 5.74) is 3.56. The Bertz CT molecular complexity index is 715. The Morgan fingerprint density at radius 2 is 2.10 bits per heavy atom. The van der Waals surface area contributed by atoms with E-state index in [2.05, 4.69) is 51.9 Å². The van der Waals surface area contributed by atoms with Gasteiger partial charge in [0, 0.05) is 23.5 Å². The van der Waals surface area contributed by atoms with E-state index in [1.54, 1.807) is 11.3 Å². The van der Waals surface area contributed by atoms with E-state index in [-0.39, 0.29) is 0 Å². The lowest BCUT2D eigenvalue weighted by Gasteiger charge is -2.06. The van der Waals surface area contributed by atoms with E-state index in [9.17, 15) is 0 Å². The first-order valence-electron chi connectivity index (χ1n) is 7.33. The Hall–Kier alpha value is -1.78. The fourth-order valence-electron chi connectivity index (χ4n) is 2.40. The van der Waals surface area contributed by atoms with E-state index in [1.807, 2.05) is 12.3 Å². The van der Waals surface area contributed by atoms with Crippen LogP contribution in [0.2, 0.25) is 0 Å². The molecule has 0 radical (unpaired) electrons. The molecular weight excluding hydrogens is 278 g/mol. The molecule has 0 spiro atoms. The van der Waals surface area contributed by atoms with Crippen LogP contribution in [0.5, 0.6) is 0 Å². The molecule has 108 valence electrons. The number of aromatic nitrogens is 2. The number of fused-ring (bicyclic) bond motifs is 1. The Balaban J connectivity index is 1.57. The standard InChI is InChI=1S/C17H19N3S/c1-2-16-20-15(12-21-16)11-18-10-8-14-6-3-5-13-7-4-9-19-17(13)14/h3-7,9,12,18H,2,8,10-11H2,1H3. The van der Waals surface area contributed by atoms with Gasteiger partial charge in [-0.3, -0.25) is 4.98 Å². The van der Waals surface area contributed by atoms with E-state index in [0.29, 0.717) is 0 Å². The van der Waals surface area contributed by atoms with E-state index < -0.39 is 0 Å². The maximum Gasteiger partial charge on any atom is 0.0926 e. The van der Waals surface area contributed by atoms with Crippen LogP contribution >= 0.6 is 11.3 Å². The van der Waals surface area contributed by atoms with Crippen molar-refractivity contribution >= 4 is 22.2 Å². The summed E-state index contributed by atoms with van der Waals surface area (Å²) in [7, 11) is 0. The molecule has 0 aliphatic carbocycles. The summed E-state index contributed by atoms with van der Waals surface area (Å²) in [6.45, 7) is 3.92. The summed E-state index contributed by atoms with van der Waals surface area (Å²) in [5, 5.41) is 8.04. The van der Waals surface area contributed by atoms with Crippen LogP contribution in [0, 0.1) is 0 Å². The molecule has 0 aliphatic heterocycles. The van der Waals surface area contributed by atoms with E-state index in [1.165, 1.54) is 16.0 Å². The van der Waals surface area contributed by atoms with Gasteiger partial charge in [0.15, 0.2) is 0 Å². The molecule has 0 aliphatic rings. The maximum absolute atomic E-state index is 4.57. The third-order valence-electron chi connectivity index (χ3n) is 3.50. The molecule has 1 N–H and O–H groups in total. The second-order valence-corrected chi connectivity index (χ2v) is 5.95. The van der Waals surface area contributed by atoms with E-state index in [0.717, 1.165) is 37.1 Å². The Labute approximate surface area is 129 Å². The van der Waals surface area contributed by atoms with Crippen molar-refractivity contribution in [3.8, 4) is 0 Å². The number of hydrogen-bond acceptors (Lipinski definition) is 4. The SMILES string of the molecule is CCc1nc(CNCCc2cccc3cccnc23)cs1. The smallest absolute Gasteiger partial charge is 0.0926 e. The van der Waals surface area contributed by atoms with Gasteiger partial charge in [0.1, 0.15) is 0 Å². The predicted molar refractivity (Wildman–Crippen MR) is 88.6 cm³/mol. The van der Waals surface area contributed by atoms with Crippen molar-refractivity contribution in [1.82, 2.24) is 15.3 Å². The zero-order valence-electron chi connectivity index (χ0n) is 12.2. The van der Waals surface area contributed by atoms with Crippen LogP contribution in [0.1, 0.15) is 23.2 Å². The van der Waals surface area contributed by atoms with Gasteiger partial charge in [0.05, 0.1) is 16.2 Å². The van der Waals surface area contributed by atoms with Crippen LogP contribution in [0.15, 0.2) is 41.9 Å². The van der Waals surface area contributed by atoms with Gasteiger partial charge in [-0.1, -0.05) is 31.2 Å². The molecule has 0 unspecified atom stereocenters. The van der Waals surface area contributed by atoms with Crippen molar-refractivity contribution < 1.29 is 0 Å². The average Bonchev–Trinajstić information content (AvgIpc) is 3.00. The molecular formula is C17H19N3S. The molecule has 2 heterocycles. The maximum atomic E-state index is 4.57. The largest absolute Gasteiger partial charge is 0.311 e. The van der Waals surface area contributed by atoms with Crippen molar-refractivity contribution in [2.45, 2.75) is 26.3 Å². The summed E-state index contributed by atoms with van der Waals surface area (Å²) < 4.78 is 0. The normalized spacial score (nSPS) is 11.1. The van der Waals surface area contributed by atoms with Crippen molar-refractivity contribution in [1.29, 1.82) is 0 Å². The van der Waals surface area contributed by atoms with Crippen LogP contribution < -0.4 is 5.32 Å². The molecule has 0 bridgehead atoms. The van der Waals surface area contributed by atoms with Crippen LogP contribution in [-0.4, -0.2) is 16.5 Å². The van der Waals surface area contributed by atoms with Crippen LogP contribution in [0.3, 0.4) is 0 Å². The highest BCUT2D eigenvalue weighted by Crippen LogP contribution is 2.16.